The van der Waals surface area contributed by atoms with Crippen molar-refractivity contribution in [2.24, 2.45) is 0 Å². The van der Waals surface area contributed by atoms with E-state index in [9.17, 15) is 4.79 Å². The van der Waals surface area contributed by atoms with Crippen LogP contribution in [0.5, 0.6) is 11.5 Å². The highest BCUT2D eigenvalue weighted by Gasteiger charge is 2.12. The van der Waals surface area contributed by atoms with Gasteiger partial charge in [-0.2, -0.15) is 0 Å². The van der Waals surface area contributed by atoms with E-state index in [1.54, 1.807) is 30.5 Å². The van der Waals surface area contributed by atoms with Gasteiger partial charge in [-0.1, -0.05) is 48.2 Å². The van der Waals surface area contributed by atoms with Crippen molar-refractivity contribution in [3.8, 4) is 11.5 Å². The third-order valence-electron chi connectivity index (χ3n) is 4.85. The molecule has 30 heavy (non-hydrogen) atoms. The molecule has 4 aromatic rings. The van der Waals surface area contributed by atoms with Gasteiger partial charge in [0.05, 0.1) is 31.7 Å². The monoisotopic (exact) mass is 418 g/mol. The molecule has 5 nitrogen and oxygen atoms in total. The van der Waals surface area contributed by atoms with E-state index in [0.29, 0.717) is 28.4 Å². The zero-order chi connectivity index (χ0) is 20.9. The van der Waals surface area contributed by atoms with E-state index in [0.717, 1.165) is 22.6 Å². The third kappa shape index (κ3) is 4.33. The summed E-state index contributed by atoms with van der Waals surface area (Å²) < 4.78 is 12.2. The zero-order valence-corrected chi connectivity index (χ0v) is 17.7. The Labute approximate surface area is 179 Å². The molecule has 1 heterocycles. The molecule has 0 saturated carbocycles. The SMILES string of the molecule is COc1ccc(CSc2nc3ccccc3c(=O)n2Cc2ccc(OC)cc2)cc1. The van der Waals surface area contributed by atoms with Crippen molar-refractivity contribution in [3.63, 3.8) is 0 Å². The van der Waals surface area contributed by atoms with Gasteiger partial charge in [0.25, 0.3) is 5.56 Å². The Bertz CT molecular complexity index is 1200. The van der Waals surface area contributed by atoms with Crippen LogP contribution in [0, 0.1) is 0 Å². The summed E-state index contributed by atoms with van der Waals surface area (Å²) in [6, 6.07) is 23.2. The summed E-state index contributed by atoms with van der Waals surface area (Å²) >= 11 is 1.56. The number of rotatable bonds is 7. The lowest BCUT2D eigenvalue weighted by Crippen LogP contribution is -2.24. The maximum absolute atomic E-state index is 13.2. The van der Waals surface area contributed by atoms with E-state index in [2.05, 4.69) is 0 Å². The Morgan fingerprint density at radius 1 is 0.833 bits per heavy atom. The van der Waals surface area contributed by atoms with Crippen molar-refractivity contribution in [1.82, 2.24) is 9.55 Å². The number of methoxy groups -OCH3 is 2. The van der Waals surface area contributed by atoms with Crippen molar-refractivity contribution in [3.05, 3.63) is 94.3 Å². The van der Waals surface area contributed by atoms with Gasteiger partial charge in [0.1, 0.15) is 11.5 Å². The Morgan fingerprint density at radius 3 is 2.07 bits per heavy atom. The lowest BCUT2D eigenvalue weighted by atomic mass is 10.2. The number of ether oxygens (including phenoxy) is 2. The second-order valence-corrected chi connectivity index (χ2v) is 7.73. The molecule has 0 spiro atoms. The molecule has 4 rings (SSSR count). The van der Waals surface area contributed by atoms with Gasteiger partial charge in [-0.15, -0.1) is 0 Å². The normalized spacial score (nSPS) is 10.9. The second kappa shape index (κ2) is 9.05. The van der Waals surface area contributed by atoms with Crippen molar-refractivity contribution < 1.29 is 9.47 Å². The summed E-state index contributed by atoms with van der Waals surface area (Å²) in [6.07, 6.45) is 0. The molecule has 0 atom stereocenters. The number of nitrogens with zero attached hydrogens (tertiary/aromatic N) is 2. The van der Waals surface area contributed by atoms with Crippen molar-refractivity contribution in [2.45, 2.75) is 17.5 Å². The summed E-state index contributed by atoms with van der Waals surface area (Å²) in [5.74, 6) is 2.32. The van der Waals surface area contributed by atoms with Gasteiger partial charge in [0.2, 0.25) is 0 Å². The van der Waals surface area contributed by atoms with E-state index in [-0.39, 0.29) is 5.56 Å². The molecule has 0 unspecified atom stereocenters. The summed E-state index contributed by atoms with van der Waals surface area (Å²) in [7, 11) is 3.29. The summed E-state index contributed by atoms with van der Waals surface area (Å²) in [5, 5.41) is 1.32. The molecule has 0 N–H and O–H groups in total. The van der Waals surface area contributed by atoms with Crippen LogP contribution in [0.15, 0.2) is 82.7 Å². The molecule has 0 bridgehead atoms. The van der Waals surface area contributed by atoms with Crippen LogP contribution in [0.4, 0.5) is 0 Å². The highest BCUT2D eigenvalue weighted by Crippen LogP contribution is 2.24. The summed E-state index contributed by atoms with van der Waals surface area (Å²) in [4.78, 5) is 18.0. The molecule has 6 heteroatoms. The van der Waals surface area contributed by atoms with Crippen LogP contribution in [0.3, 0.4) is 0 Å². The van der Waals surface area contributed by atoms with Gasteiger partial charge >= 0.3 is 0 Å². The molecule has 0 amide bonds. The molecule has 3 aromatic carbocycles. The van der Waals surface area contributed by atoms with Gasteiger partial charge in [-0.3, -0.25) is 9.36 Å². The molecule has 0 fully saturated rings. The van der Waals surface area contributed by atoms with Crippen LogP contribution in [0.25, 0.3) is 10.9 Å². The number of hydrogen-bond donors (Lipinski definition) is 0. The number of aromatic nitrogens is 2. The largest absolute Gasteiger partial charge is 0.497 e. The van der Waals surface area contributed by atoms with Crippen LogP contribution in [-0.2, 0) is 12.3 Å². The Hall–Kier alpha value is -3.25. The lowest BCUT2D eigenvalue weighted by Gasteiger charge is -2.14. The third-order valence-corrected chi connectivity index (χ3v) is 5.90. The van der Waals surface area contributed by atoms with Crippen LogP contribution in [-0.4, -0.2) is 23.8 Å². The molecule has 0 aliphatic heterocycles. The summed E-state index contributed by atoms with van der Waals surface area (Å²) in [5.41, 5.74) is 2.83. The quantitative estimate of drug-likeness (QED) is 0.320. The highest BCUT2D eigenvalue weighted by molar-refractivity contribution is 7.98. The van der Waals surface area contributed by atoms with E-state index < -0.39 is 0 Å². The highest BCUT2D eigenvalue weighted by atomic mass is 32.2. The first-order chi connectivity index (χ1) is 14.7. The fraction of sp³-hybridized carbons (Fsp3) is 0.167. The van der Waals surface area contributed by atoms with Crippen LogP contribution < -0.4 is 15.0 Å². The van der Waals surface area contributed by atoms with Gasteiger partial charge in [0, 0.05) is 5.75 Å². The van der Waals surface area contributed by atoms with Crippen molar-refractivity contribution in [2.75, 3.05) is 14.2 Å². The fourth-order valence-electron chi connectivity index (χ4n) is 3.18. The maximum atomic E-state index is 13.2. The van der Waals surface area contributed by atoms with Gasteiger partial charge in [-0.25, -0.2) is 4.98 Å². The fourth-order valence-corrected chi connectivity index (χ4v) is 4.13. The lowest BCUT2D eigenvalue weighted by molar-refractivity contribution is 0.414. The molecule has 0 aliphatic carbocycles. The predicted octanol–water partition coefficient (Wildman–Crippen LogP) is 4.75. The molecule has 0 saturated heterocycles. The molecule has 0 radical (unpaired) electrons. The topological polar surface area (TPSA) is 53.3 Å². The molecular weight excluding hydrogens is 396 g/mol. The van der Waals surface area contributed by atoms with Crippen LogP contribution in [0.1, 0.15) is 11.1 Å². The van der Waals surface area contributed by atoms with E-state index in [1.165, 1.54) is 0 Å². The Balaban J connectivity index is 1.68. The van der Waals surface area contributed by atoms with E-state index >= 15 is 0 Å². The number of benzene rings is 3. The van der Waals surface area contributed by atoms with Gasteiger partial charge in [-0.05, 0) is 47.5 Å². The number of hydrogen-bond acceptors (Lipinski definition) is 5. The average Bonchev–Trinajstić information content (AvgIpc) is 2.80. The van der Waals surface area contributed by atoms with E-state index in [1.807, 2.05) is 72.8 Å². The van der Waals surface area contributed by atoms with Crippen LogP contribution in [0.2, 0.25) is 0 Å². The van der Waals surface area contributed by atoms with E-state index in [4.69, 9.17) is 14.5 Å². The van der Waals surface area contributed by atoms with Crippen molar-refractivity contribution in [1.29, 1.82) is 0 Å². The first-order valence-electron chi connectivity index (χ1n) is 9.56. The minimum Gasteiger partial charge on any atom is -0.497 e. The smallest absolute Gasteiger partial charge is 0.262 e. The van der Waals surface area contributed by atoms with Crippen molar-refractivity contribution >= 4 is 22.7 Å². The number of fused-ring (bicyclic) bond motifs is 1. The second-order valence-electron chi connectivity index (χ2n) is 6.79. The molecule has 1 aromatic heterocycles. The maximum Gasteiger partial charge on any atom is 0.262 e. The molecule has 0 aliphatic rings. The van der Waals surface area contributed by atoms with Gasteiger partial charge in [0.15, 0.2) is 5.16 Å². The minimum absolute atomic E-state index is 0.0337. The Morgan fingerprint density at radius 2 is 1.43 bits per heavy atom. The molecule has 152 valence electrons. The minimum atomic E-state index is -0.0337. The molecular formula is C24H22N2O3S. The predicted molar refractivity (Wildman–Crippen MR) is 121 cm³/mol. The Kier molecular flexibility index (Phi) is 6.05. The first kappa shape index (κ1) is 20.0. The van der Waals surface area contributed by atoms with Gasteiger partial charge < -0.3 is 9.47 Å². The van der Waals surface area contributed by atoms with Crippen LogP contribution >= 0.6 is 11.8 Å². The number of para-hydroxylation sites is 1. The number of thioether (sulfide) groups is 1. The average molecular weight is 419 g/mol. The summed E-state index contributed by atoms with van der Waals surface area (Å²) in [6.45, 7) is 0.450. The first-order valence-corrected chi connectivity index (χ1v) is 10.5. The standard InChI is InChI=1S/C24H22N2O3S/c1-28-19-11-7-17(8-12-19)15-26-23(27)21-5-3-4-6-22(21)25-24(26)30-16-18-9-13-20(29-2)14-10-18/h3-14H,15-16H2,1-2H3. The zero-order valence-electron chi connectivity index (χ0n) is 16.9.